The average molecular weight is 285 g/mol. The number of carbonyl (C=O) groups is 1. The monoisotopic (exact) mass is 285 g/mol. The first-order valence-electron chi connectivity index (χ1n) is 6.95. The first-order valence-corrected chi connectivity index (χ1v) is 6.95. The molecule has 1 amide bonds. The van der Waals surface area contributed by atoms with Crippen molar-refractivity contribution in [3.8, 4) is 0 Å². The molecule has 6 heteroatoms. The van der Waals surface area contributed by atoms with Crippen LogP contribution in [0.15, 0.2) is 36.8 Å². The molecule has 0 saturated carbocycles. The van der Waals surface area contributed by atoms with E-state index in [2.05, 4.69) is 25.6 Å². The fourth-order valence-corrected chi connectivity index (χ4v) is 1.62. The van der Waals surface area contributed by atoms with Gasteiger partial charge in [-0.25, -0.2) is 9.97 Å². The summed E-state index contributed by atoms with van der Waals surface area (Å²) in [6.45, 7) is 4.53. The lowest BCUT2D eigenvalue weighted by Crippen LogP contribution is -2.32. The summed E-state index contributed by atoms with van der Waals surface area (Å²) >= 11 is 0. The van der Waals surface area contributed by atoms with E-state index in [0.717, 1.165) is 12.1 Å². The van der Waals surface area contributed by atoms with Crippen LogP contribution in [0.3, 0.4) is 0 Å². The molecule has 0 spiro atoms. The third kappa shape index (κ3) is 4.52. The first-order chi connectivity index (χ1) is 10.2. The molecule has 0 saturated heterocycles. The maximum Gasteiger partial charge on any atom is 0.271 e. The molecule has 0 aromatic carbocycles. The second-order valence-corrected chi connectivity index (χ2v) is 4.74. The van der Waals surface area contributed by atoms with Gasteiger partial charge < -0.3 is 10.6 Å². The number of aromatic nitrogens is 3. The normalized spacial score (nSPS) is 11.7. The maximum atomic E-state index is 11.9. The van der Waals surface area contributed by atoms with Crippen LogP contribution in [0.5, 0.6) is 0 Å². The standard InChI is InChI=1S/C15H19N5O/c1-3-11(2)20-15(21)13-9-19-14(10-17-13)18-8-12-6-4-5-7-16-12/h4-7,9-11H,3,8H2,1-2H3,(H,18,19)(H,20,21). The maximum absolute atomic E-state index is 11.9. The zero-order valence-corrected chi connectivity index (χ0v) is 12.2. The van der Waals surface area contributed by atoms with Crippen LogP contribution < -0.4 is 10.6 Å². The van der Waals surface area contributed by atoms with Crippen LogP contribution >= 0.6 is 0 Å². The van der Waals surface area contributed by atoms with Crippen molar-refractivity contribution >= 4 is 11.7 Å². The zero-order chi connectivity index (χ0) is 15.1. The number of pyridine rings is 1. The number of hydrogen-bond acceptors (Lipinski definition) is 5. The summed E-state index contributed by atoms with van der Waals surface area (Å²) < 4.78 is 0. The van der Waals surface area contributed by atoms with Gasteiger partial charge in [0, 0.05) is 12.2 Å². The number of hydrogen-bond donors (Lipinski definition) is 2. The minimum Gasteiger partial charge on any atom is -0.363 e. The smallest absolute Gasteiger partial charge is 0.271 e. The Bertz CT molecular complexity index is 570. The van der Waals surface area contributed by atoms with Gasteiger partial charge >= 0.3 is 0 Å². The zero-order valence-electron chi connectivity index (χ0n) is 12.2. The van der Waals surface area contributed by atoms with Crippen molar-refractivity contribution in [2.45, 2.75) is 32.9 Å². The molecule has 0 aliphatic rings. The molecule has 1 atom stereocenters. The minimum absolute atomic E-state index is 0.126. The van der Waals surface area contributed by atoms with E-state index in [0.29, 0.717) is 18.1 Å². The highest BCUT2D eigenvalue weighted by atomic mass is 16.1. The lowest BCUT2D eigenvalue weighted by Gasteiger charge is -2.10. The molecule has 0 radical (unpaired) electrons. The van der Waals surface area contributed by atoms with Crippen molar-refractivity contribution < 1.29 is 4.79 Å². The minimum atomic E-state index is -0.201. The van der Waals surface area contributed by atoms with Crippen molar-refractivity contribution in [1.82, 2.24) is 20.3 Å². The van der Waals surface area contributed by atoms with E-state index in [4.69, 9.17) is 0 Å². The SMILES string of the molecule is CCC(C)NC(=O)c1cnc(NCc2ccccn2)cn1. The number of nitrogens with one attached hydrogen (secondary N) is 2. The van der Waals surface area contributed by atoms with Gasteiger partial charge in [0.1, 0.15) is 11.5 Å². The van der Waals surface area contributed by atoms with Gasteiger partial charge in [0.25, 0.3) is 5.91 Å². The Hall–Kier alpha value is -2.50. The molecule has 0 fully saturated rings. The van der Waals surface area contributed by atoms with Gasteiger partial charge in [-0.05, 0) is 25.5 Å². The number of carbonyl (C=O) groups excluding carboxylic acids is 1. The van der Waals surface area contributed by atoms with Gasteiger partial charge in [-0.2, -0.15) is 0 Å². The highest BCUT2D eigenvalue weighted by Crippen LogP contribution is 2.04. The largest absolute Gasteiger partial charge is 0.363 e. The van der Waals surface area contributed by atoms with Crippen LogP contribution in [0.25, 0.3) is 0 Å². The highest BCUT2D eigenvalue weighted by molar-refractivity contribution is 5.92. The number of anilines is 1. The summed E-state index contributed by atoms with van der Waals surface area (Å²) in [5, 5.41) is 5.96. The highest BCUT2D eigenvalue weighted by Gasteiger charge is 2.10. The Morgan fingerprint density at radius 1 is 1.24 bits per heavy atom. The van der Waals surface area contributed by atoms with Gasteiger partial charge in [0.2, 0.25) is 0 Å². The molecule has 2 rings (SSSR count). The van der Waals surface area contributed by atoms with E-state index in [1.165, 1.54) is 6.20 Å². The lowest BCUT2D eigenvalue weighted by atomic mass is 10.2. The third-order valence-corrected chi connectivity index (χ3v) is 3.05. The van der Waals surface area contributed by atoms with Crippen molar-refractivity contribution in [3.05, 3.63) is 48.2 Å². The first kappa shape index (κ1) is 14.9. The van der Waals surface area contributed by atoms with Gasteiger partial charge in [-0.1, -0.05) is 13.0 Å². The molecule has 21 heavy (non-hydrogen) atoms. The Morgan fingerprint density at radius 3 is 2.71 bits per heavy atom. The topological polar surface area (TPSA) is 79.8 Å². The van der Waals surface area contributed by atoms with Crippen LogP contribution in [-0.2, 0) is 6.54 Å². The number of nitrogens with zero attached hydrogens (tertiary/aromatic N) is 3. The molecule has 2 heterocycles. The predicted molar refractivity (Wildman–Crippen MR) is 80.8 cm³/mol. The van der Waals surface area contributed by atoms with E-state index in [9.17, 15) is 4.79 Å². The Kier molecular flexibility index (Phi) is 5.20. The molecule has 110 valence electrons. The van der Waals surface area contributed by atoms with Crippen molar-refractivity contribution in [2.75, 3.05) is 5.32 Å². The fraction of sp³-hybridized carbons (Fsp3) is 0.333. The Morgan fingerprint density at radius 2 is 2.10 bits per heavy atom. The molecular weight excluding hydrogens is 266 g/mol. The lowest BCUT2D eigenvalue weighted by molar-refractivity contribution is 0.0934. The van der Waals surface area contributed by atoms with Gasteiger partial charge in [0.15, 0.2) is 0 Å². The molecule has 6 nitrogen and oxygen atoms in total. The average Bonchev–Trinajstić information content (AvgIpc) is 2.54. The molecular formula is C15H19N5O. The van der Waals surface area contributed by atoms with Crippen molar-refractivity contribution in [2.24, 2.45) is 0 Å². The van der Waals surface area contributed by atoms with E-state index < -0.39 is 0 Å². The summed E-state index contributed by atoms with van der Waals surface area (Å²) in [5.41, 5.74) is 1.23. The van der Waals surface area contributed by atoms with Gasteiger partial charge in [-0.3, -0.25) is 9.78 Å². The van der Waals surface area contributed by atoms with E-state index in [-0.39, 0.29) is 11.9 Å². The van der Waals surface area contributed by atoms with Gasteiger partial charge in [0.05, 0.1) is 24.6 Å². The van der Waals surface area contributed by atoms with Crippen LogP contribution in [0, 0.1) is 0 Å². The van der Waals surface area contributed by atoms with Crippen LogP contribution in [-0.4, -0.2) is 26.9 Å². The molecule has 2 aromatic heterocycles. The van der Waals surface area contributed by atoms with E-state index >= 15 is 0 Å². The van der Waals surface area contributed by atoms with Crippen LogP contribution in [0.4, 0.5) is 5.82 Å². The molecule has 1 unspecified atom stereocenters. The Labute approximate surface area is 124 Å². The predicted octanol–water partition coefficient (Wildman–Crippen LogP) is 2.01. The number of rotatable bonds is 6. The Balaban J connectivity index is 1.91. The van der Waals surface area contributed by atoms with Crippen LogP contribution in [0.1, 0.15) is 36.5 Å². The molecule has 2 N–H and O–H groups in total. The van der Waals surface area contributed by atoms with Gasteiger partial charge in [-0.15, -0.1) is 0 Å². The fourth-order valence-electron chi connectivity index (χ4n) is 1.62. The molecule has 0 aliphatic carbocycles. The summed E-state index contributed by atoms with van der Waals surface area (Å²) in [5.74, 6) is 0.411. The summed E-state index contributed by atoms with van der Waals surface area (Å²) in [6, 6.07) is 5.85. The number of amides is 1. The summed E-state index contributed by atoms with van der Waals surface area (Å²) in [4.78, 5) is 24.4. The quantitative estimate of drug-likeness (QED) is 0.848. The molecule has 2 aromatic rings. The second-order valence-electron chi connectivity index (χ2n) is 4.74. The second kappa shape index (κ2) is 7.33. The summed E-state index contributed by atoms with van der Waals surface area (Å²) in [6.07, 6.45) is 5.64. The molecule has 0 aliphatic heterocycles. The van der Waals surface area contributed by atoms with E-state index in [1.54, 1.807) is 12.4 Å². The molecule has 0 bridgehead atoms. The summed E-state index contributed by atoms with van der Waals surface area (Å²) in [7, 11) is 0. The van der Waals surface area contributed by atoms with Crippen LogP contribution in [0.2, 0.25) is 0 Å². The van der Waals surface area contributed by atoms with Crippen molar-refractivity contribution in [3.63, 3.8) is 0 Å². The van der Waals surface area contributed by atoms with Crippen molar-refractivity contribution in [1.29, 1.82) is 0 Å². The van der Waals surface area contributed by atoms with E-state index in [1.807, 2.05) is 32.0 Å². The third-order valence-electron chi connectivity index (χ3n) is 3.05.